The van der Waals surface area contributed by atoms with Crippen LogP contribution in [0.5, 0.6) is 0 Å². The van der Waals surface area contributed by atoms with E-state index in [4.69, 9.17) is 10.2 Å². The predicted molar refractivity (Wildman–Crippen MR) is 69.6 cm³/mol. The zero-order valence-corrected chi connectivity index (χ0v) is 10.4. The van der Waals surface area contributed by atoms with E-state index in [1.807, 2.05) is 18.2 Å². The van der Waals surface area contributed by atoms with Gasteiger partial charge in [0.05, 0.1) is 6.61 Å². The lowest BCUT2D eigenvalue weighted by molar-refractivity contribution is 0.281. The van der Waals surface area contributed by atoms with E-state index < -0.39 is 0 Å². The molecule has 0 radical (unpaired) electrons. The summed E-state index contributed by atoms with van der Waals surface area (Å²) in [6.07, 6.45) is 4.35. The molecule has 0 aromatic heterocycles. The minimum absolute atomic E-state index is 0.106. The third-order valence-electron chi connectivity index (χ3n) is 2.76. The molecule has 1 aromatic rings. The summed E-state index contributed by atoms with van der Waals surface area (Å²) in [6.45, 7) is 2.28. The second kappa shape index (κ2) is 9.16. The molecular formula is C14H23NO2. The first-order chi connectivity index (χ1) is 8.36. The van der Waals surface area contributed by atoms with Gasteiger partial charge < -0.3 is 15.5 Å². The number of hydrogen-bond acceptors (Lipinski definition) is 3. The summed E-state index contributed by atoms with van der Waals surface area (Å²) in [7, 11) is 0. The van der Waals surface area contributed by atoms with Gasteiger partial charge in [0, 0.05) is 13.2 Å². The Bertz CT molecular complexity index is 302. The Hall–Kier alpha value is -0.900. The minimum atomic E-state index is 0.106. The van der Waals surface area contributed by atoms with Crippen molar-refractivity contribution in [2.45, 2.75) is 38.8 Å². The molecule has 0 spiro atoms. The molecule has 0 heterocycles. The molecule has 0 saturated carbocycles. The molecule has 3 N–H and O–H groups in total. The van der Waals surface area contributed by atoms with E-state index in [-0.39, 0.29) is 6.61 Å². The van der Waals surface area contributed by atoms with Crippen molar-refractivity contribution in [3.8, 4) is 0 Å². The number of rotatable bonds is 9. The number of aliphatic hydroxyl groups excluding tert-OH is 2. The first kappa shape index (κ1) is 14.2. The van der Waals surface area contributed by atoms with E-state index in [9.17, 15) is 0 Å². The number of aliphatic hydroxyl groups is 2. The lowest BCUT2D eigenvalue weighted by Gasteiger charge is -2.06. The number of benzene rings is 1. The Morgan fingerprint density at radius 2 is 1.71 bits per heavy atom. The van der Waals surface area contributed by atoms with E-state index in [2.05, 4.69) is 11.4 Å². The van der Waals surface area contributed by atoms with Gasteiger partial charge in [-0.25, -0.2) is 0 Å². The van der Waals surface area contributed by atoms with E-state index in [1.165, 1.54) is 12.0 Å². The van der Waals surface area contributed by atoms with Crippen LogP contribution < -0.4 is 5.32 Å². The van der Waals surface area contributed by atoms with Crippen LogP contribution in [0.2, 0.25) is 0 Å². The summed E-state index contributed by atoms with van der Waals surface area (Å²) >= 11 is 0. The molecule has 0 fully saturated rings. The van der Waals surface area contributed by atoms with Crippen LogP contribution in [0, 0.1) is 0 Å². The summed E-state index contributed by atoms with van der Waals surface area (Å²) in [6, 6.07) is 8.00. The number of nitrogens with one attached hydrogen (secondary N) is 1. The summed E-state index contributed by atoms with van der Waals surface area (Å²) in [5.41, 5.74) is 2.18. The standard InChI is InChI=1S/C14H23NO2/c16-9-4-2-1-3-8-15-11-13-6-5-7-14(10-13)12-17/h5-7,10,15-17H,1-4,8-9,11-12H2. The quantitative estimate of drug-likeness (QED) is 0.574. The molecule has 0 unspecified atom stereocenters. The predicted octanol–water partition coefficient (Wildman–Crippen LogP) is 1.82. The van der Waals surface area contributed by atoms with Crippen LogP contribution in [0.15, 0.2) is 24.3 Å². The van der Waals surface area contributed by atoms with Gasteiger partial charge >= 0.3 is 0 Å². The molecule has 0 aliphatic carbocycles. The molecule has 3 nitrogen and oxygen atoms in total. The van der Waals surface area contributed by atoms with Crippen molar-refractivity contribution in [2.24, 2.45) is 0 Å². The van der Waals surface area contributed by atoms with Gasteiger partial charge in [-0.3, -0.25) is 0 Å². The summed E-state index contributed by atoms with van der Waals surface area (Å²) < 4.78 is 0. The van der Waals surface area contributed by atoms with E-state index in [0.29, 0.717) is 6.61 Å². The highest BCUT2D eigenvalue weighted by atomic mass is 16.3. The Morgan fingerprint density at radius 1 is 0.941 bits per heavy atom. The van der Waals surface area contributed by atoms with Crippen LogP contribution in [0.25, 0.3) is 0 Å². The maximum Gasteiger partial charge on any atom is 0.0681 e. The highest BCUT2D eigenvalue weighted by Gasteiger charge is 1.95. The van der Waals surface area contributed by atoms with Crippen LogP contribution in [0.1, 0.15) is 36.8 Å². The van der Waals surface area contributed by atoms with Gasteiger partial charge in [-0.1, -0.05) is 37.1 Å². The lowest BCUT2D eigenvalue weighted by atomic mass is 10.1. The smallest absolute Gasteiger partial charge is 0.0681 e. The normalized spacial score (nSPS) is 10.7. The molecular weight excluding hydrogens is 214 g/mol. The average molecular weight is 237 g/mol. The van der Waals surface area contributed by atoms with Crippen LogP contribution in [-0.2, 0) is 13.2 Å². The van der Waals surface area contributed by atoms with Crippen LogP contribution in [-0.4, -0.2) is 23.4 Å². The van der Waals surface area contributed by atoms with Gasteiger partial charge in [0.15, 0.2) is 0 Å². The number of unbranched alkanes of at least 4 members (excludes halogenated alkanes) is 3. The van der Waals surface area contributed by atoms with Gasteiger partial charge in [-0.15, -0.1) is 0 Å². The Kier molecular flexibility index (Phi) is 7.63. The van der Waals surface area contributed by atoms with Crippen LogP contribution in [0.3, 0.4) is 0 Å². The third kappa shape index (κ3) is 6.41. The second-order valence-corrected chi connectivity index (χ2v) is 4.29. The first-order valence-corrected chi connectivity index (χ1v) is 6.37. The monoisotopic (exact) mass is 237 g/mol. The van der Waals surface area contributed by atoms with Crippen molar-refractivity contribution >= 4 is 0 Å². The van der Waals surface area contributed by atoms with Crippen molar-refractivity contribution in [1.82, 2.24) is 5.32 Å². The van der Waals surface area contributed by atoms with Gasteiger partial charge in [-0.05, 0) is 30.5 Å². The Balaban J connectivity index is 2.09. The highest BCUT2D eigenvalue weighted by molar-refractivity contribution is 5.22. The highest BCUT2D eigenvalue weighted by Crippen LogP contribution is 2.05. The zero-order valence-electron chi connectivity index (χ0n) is 10.4. The molecule has 17 heavy (non-hydrogen) atoms. The fourth-order valence-electron chi connectivity index (χ4n) is 1.79. The molecule has 0 bridgehead atoms. The summed E-state index contributed by atoms with van der Waals surface area (Å²) in [5.74, 6) is 0. The molecule has 0 saturated heterocycles. The maximum atomic E-state index is 9.01. The fraction of sp³-hybridized carbons (Fsp3) is 0.571. The van der Waals surface area contributed by atoms with Crippen molar-refractivity contribution in [3.05, 3.63) is 35.4 Å². The van der Waals surface area contributed by atoms with Gasteiger partial charge in [0.25, 0.3) is 0 Å². The van der Waals surface area contributed by atoms with E-state index in [1.54, 1.807) is 0 Å². The largest absolute Gasteiger partial charge is 0.396 e. The number of hydrogen-bond donors (Lipinski definition) is 3. The Morgan fingerprint density at radius 3 is 2.47 bits per heavy atom. The molecule has 0 atom stereocenters. The third-order valence-corrected chi connectivity index (χ3v) is 2.76. The molecule has 96 valence electrons. The maximum absolute atomic E-state index is 9.01. The molecule has 0 amide bonds. The first-order valence-electron chi connectivity index (χ1n) is 6.37. The minimum Gasteiger partial charge on any atom is -0.396 e. The SMILES string of the molecule is OCCCCCCNCc1cccc(CO)c1. The average Bonchev–Trinajstić information content (AvgIpc) is 2.38. The molecule has 0 aliphatic heterocycles. The van der Waals surface area contributed by atoms with Crippen molar-refractivity contribution in [2.75, 3.05) is 13.2 Å². The fourth-order valence-corrected chi connectivity index (χ4v) is 1.79. The van der Waals surface area contributed by atoms with Crippen molar-refractivity contribution in [3.63, 3.8) is 0 Å². The second-order valence-electron chi connectivity index (χ2n) is 4.29. The molecule has 0 aliphatic rings. The summed E-state index contributed by atoms with van der Waals surface area (Å²) in [4.78, 5) is 0. The topological polar surface area (TPSA) is 52.5 Å². The van der Waals surface area contributed by atoms with Crippen molar-refractivity contribution < 1.29 is 10.2 Å². The molecule has 3 heteroatoms. The van der Waals surface area contributed by atoms with Crippen LogP contribution in [0.4, 0.5) is 0 Å². The van der Waals surface area contributed by atoms with Crippen LogP contribution >= 0.6 is 0 Å². The molecule has 1 rings (SSSR count). The Labute approximate surface area is 103 Å². The lowest BCUT2D eigenvalue weighted by Crippen LogP contribution is -2.14. The summed E-state index contributed by atoms with van der Waals surface area (Å²) in [5, 5.41) is 21.0. The van der Waals surface area contributed by atoms with E-state index in [0.717, 1.165) is 37.9 Å². The van der Waals surface area contributed by atoms with Crippen molar-refractivity contribution in [1.29, 1.82) is 0 Å². The van der Waals surface area contributed by atoms with Gasteiger partial charge in [0.1, 0.15) is 0 Å². The van der Waals surface area contributed by atoms with E-state index >= 15 is 0 Å². The zero-order chi connectivity index (χ0) is 12.3. The van der Waals surface area contributed by atoms with Gasteiger partial charge in [0.2, 0.25) is 0 Å². The van der Waals surface area contributed by atoms with Gasteiger partial charge in [-0.2, -0.15) is 0 Å². The molecule has 1 aromatic carbocycles.